The number of carbonyl (C=O) groups is 1. The second-order valence-corrected chi connectivity index (χ2v) is 8.45. The SMILES string of the molecule is O=C(N[C@@H]1C=C[C@H]2OC(C(Cl)(Cl)Cl)=N[C@@H]12)C(Cl)(Cl)Cl. The summed E-state index contributed by atoms with van der Waals surface area (Å²) < 4.78 is 1.57. The van der Waals surface area contributed by atoms with Crippen LogP contribution in [0.1, 0.15) is 0 Å². The molecule has 0 spiro atoms. The second kappa shape index (κ2) is 5.32. The molecule has 0 fully saturated rings. The van der Waals surface area contributed by atoms with Crippen molar-refractivity contribution in [3.8, 4) is 0 Å². The molecule has 10 heteroatoms. The van der Waals surface area contributed by atoms with Gasteiger partial charge in [-0.05, 0) is 6.08 Å². The number of hydrogen-bond acceptors (Lipinski definition) is 3. The summed E-state index contributed by atoms with van der Waals surface area (Å²) in [5.41, 5.74) is 0. The van der Waals surface area contributed by atoms with Gasteiger partial charge in [0.25, 0.3) is 13.5 Å². The van der Waals surface area contributed by atoms with Gasteiger partial charge in [-0.3, -0.25) is 4.79 Å². The maximum Gasteiger partial charge on any atom is 0.272 e. The van der Waals surface area contributed by atoms with E-state index < -0.39 is 31.7 Å². The van der Waals surface area contributed by atoms with Gasteiger partial charge in [-0.15, -0.1) is 0 Å². The van der Waals surface area contributed by atoms with Crippen LogP contribution >= 0.6 is 69.6 Å². The third-order valence-corrected chi connectivity index (χ3v) is 3.52. The molecule has 1 aliphatic heterocycles. The van der Waals surface area contributed by atoms with Gasteiger partial charge in [0.1, 0.15) is 12.1 Å². The van der Waals surface area contributed by atoms with Crippen LogP contribution in [0.2, 0.25) is 0 Å². The van der Waals surface area contributed by atoms with E-state index in [1.807, 2.05) is 0 Å². The van der Waals surface area contributed by atoms with Crippen LogP contribution < -0.4 is 5.32 Å². The third-order valence-electron chi connectivity index (χ3n) is 2.52. The number of rotatable bonds is 1. The molecule has 3 atom stereocenters. The number of nitrogens with one attached hydrogen (secondary N) is 1. The largest absolute Gasteiger partial charge is 0.468 e. The van der Waals surface area contributed by atoms with Crippen molar-refractivity contribution in [1.29, 1.82) is 0 Å². The minimum Gasteiger partial charge on any atom is -0.468 e. The number of halogens is 6. The molecule has 0 radical (unpaired) electrons. The topological polar surface area (TPSA) is 50.7 Å². The molecule has 19 heavy (non-hydrogen) atoms. The van der Waals surface area contributed by atoms with Gasteiger partial charge in [0.05, 0.1) is 6.04 Å². The number of hydrogen-bond donors (Lipinski definition) is 1. The molecule has 1 aliphatic carbocycles. The summed E-state index contributed by atoms with van der Waals surface area (Å²) in [6.07, 6.45) is 2.97. The van der Waals surface area contributed by atoms with Gasteiger partial charge in [-0.2, -0.15) is 0 Å². The average molecular weight is 387 g/mol. The van der Waals surface area contributed by atoms with Crippen LogP contribution in [0, 0.1) is 0 Å². The van der Waals surface area contributed by atoms with Crippen LogP contribution in [0.25, 0.3) is 0 Å². The van der Waals surface area contributed by atoms with Crippen molar-refractivity contribution in [3.05, 3.63) is 12.2 Å². The van der Waals surface area contributed by atoms with Gasteiger partial charge in [0.2, 0.25) is 5.90 Å². The van der Waals surface area contributed by atoms with Gasteiger partial charge in [-0.25, -0.2) is 4.99 Å². The lowest BCUT2D eigenvalue weighted by molar-refractivity contribution is -0.120. The first-order valence-electron chi connectivity index (χ1n) is 4.96. The average Bonchev–Trinajstić information content (AvgIpc) is 2.77. The van der Waals surface area contributed by atoms with Gasteiger partial charge < -0.3 is 10.1 Å². The molecule has 0 saturated heterocycles. The third kappa shape index (κ3) is 3.55. The number of fused-ring (bicyclic) bond motifs is 1. The zero-order chi connectivity index (χ0) is 14.4. The fourth-order valence-electron chi connectivity index (χ4n) is 1.73. The van der Waals surface area contributed by atoms with Crippen LogP contribution in [0.5, 0.6) is 0 Å². The fourth-order valence-corrected chi connectivity index (χ4v) is 2.17. The minimum atomic E-state index is -2.05. The number of carbonyl (C=O) groups excluding carboxylic acids is 1. The van der Waals surface area contributed by atoms with Crippen molar-refractivity contribution < 1.29 is 9.53 Å². The van der Waals surface area contributed by atoms with E-state index in [9.17, 15) is 4.79 Å². The summed E-state index contributed by atoms with van der Waals surface area (Å²) >= 11 is 33.4. The van der Waals surface area contributed by atoms with E-state index in [1.165, 1.54) is 0 Å². The highest BCUT2D eigenvalue weighted by Gasteiger charge is 2.46. The summed E-state index contributed by atoms with van der Waals surface area (Å²) in [6, 6.07) is -0.931. The van der Waals surface area contributed by atoms with Crippen LogP contribution in [0.3, 0.4) is 0 Å². The molecule has 0 unspecified atom stereocenters. The Bertz CT molecular complexity index is 453. The molecule has 1 heterocycles. The Balaban J connectivity index is 2.08. The standard InChI is InChI=1S/C9H6Cl6N2O2/c10-8(11,12)6(18)16-3-1-2-4-5(3)17-7(19-4)9(13,14)15/h1-5H,(H,16,18)/t3-,4-,5+/m1/s1. The van der Waals surface area contributed by atoms with Crippen molar-refractivity contribution in [3.63, 3.8) is 0 Å². The molecule has 106 valence electrons. The van der Waals surface area contributed by atoms with E-state index in [0.717, 1.165) is 0 Å². The zero-order valence-electron chi connectivity index (χ0n) is 8.92. The van der Waals surface area contributed by atoms with Crippen LogP contribution in [-0.4, -0.2) is 37.6 Å². The molecule has 1 N–H and O–H groups in total. The van der Waals surface area contributed by atoms with Crippen molar-refractivity contribution in [2.24, 2.45) is 4.99 Å². The van der Waals surface area contributed by atoms with Crippen molar-refractivity contribution >= 4 is 81.4 Å². The second-order valence-electron chi connectivity index (χ2n) is 3.89. The molecule has 2 rings (SSSR count). The lowest BCUT2D eigenvalue weighted by Gasteiger charge is -2.19. The maximum atomic E-state index is 11.6. The van der Waals surface area contributed by atoms with Crippen molar-refractivity contribution in [2.75, 3.05) is 0 Å². The van der Waals surface area contributed by atoms with E-state index >= 15 is 0 Å². The number of amides is 1. The lowest BCUT2D eigenvalue weighted by Crippen LogP contribution is -2.46. The predicted octanol–water partition coefficient (Wildman–Crippen LogP) is 2.95. The number of alkyl halides is 6. The molecule has 0 aromatic rings. The first kappa shape index (κ1) is 15.8. The van der Waals surface area contributed by atoms with Gasteiger partial charge in [0, 0.05) is 0 Å². The number of ether oxygens (including phenoxy) is 1. The molecule has 0 aromatic heterocycles. The Morgan fingerprint density at radius 1 is 1.21 bits per heavy atom. The Labute approximate surface area is 138 Å². The van der Waals surface area contributed by atoms with E-state index in [0.29, 0.717) is 0 Å². The molecule has 4 nitrogen and oxygen atoms in total. The van der Waals surface area contributed by atoms with Gasteiger partial charge in [-0.1, -0.05) is 75.7 Å². The van der Waals surface area contributed by atoms with E-state index in [-0.39, 0.29) is 5.90 Å². The molecule has 1 amide bonds. The fraction of sp³-hybridized carbons (Fsp3) is 0.556. The summed E-state index contributed by atoms with van der Waals surface area (Å²) in [7, 11) is 0. The minimum absolute atomic E-state index is 0.0232. The molecular formula is C9H6Cl6N2O2. The van der Waals surface area contributed by atoms with E-state index in [1.54, 1.807) is 12.2 Å². The Hall–Kier alpha value is 0.420. The molecule has 0 saturated carbocycles. The summed E-state index contributed by atoms with van der Waals surface area (Å²) in [5.74, 6) is -0.782. The van der Waals surface area contributed by atoms with Crippen molar-refractivity contribution in [1.82, 2.24) is 5.32 Å². The molecule has 0 bridgehead atoms. The monoisotopic (exact) mass is 384 g/mol. The quantitative estimate of drug-likeness (QED) is 0.556. The maximum absolute atomic E-state index is 11.6. The van der Waals surface area contributed by atoms with E-state index in [4.69, 9.17) is 74.3 Å². The Morgan fingerprint density at radius 3 is 2.37 bits per heavy atom. The number of nitrogens with zero attached hydrogens (tertiary/aromatic N) is 1. The van der Waals surface area contributed by atoms with Gasteiger partial charge >= 0.3 is 0 Å². The smallest absolute Gasteiger partial charge is 0.272 e. The highest BCUT2D eigenvalue weighted by Crippen LogP contribution is 2.36. The first-order valence-corrected chi connectivity index (χ1v) is 7.23. The first-order chi connectivity index (χ1) is 8.59. The molecule has 2 aliphatic rings. The number of aliphatic imine (C=N–C) groups is 1. The molecular weight excluding hydrogens is 381 g/mol. The summed E-state index contributed by atoms with van der Waals surface area (Å²) in [4.78, 5) is 15.7. The van der Waals surface area contributed by atoms with Crippen molar-refractivity contribution in [2.45, 2.75) is 25.8 Å². The van der Waals surface area contributed by atoms with E-state index in [2.05, 4.69) is 10.3 Å². The van der Waals surface area contributed by atoms with Gasteiger partial charge in [0.15, 0.2) is 0 Å². The molecule has 0 aromatic carbocycles. The zero-order valence-corrected chi connectivity index (χ0v) is 13.5. The Kier molecular flexibility index (Phi) is 4.42. The highest BCUT2D eigenvalue weighted by atomic mass is 35.6. The highest BCUT2D eigenvalue weighted by molar-refractivity contribution is 6.76. The van der Waals surface area contributed by atoms with Crippen LogP contribution in [-0.2, 0) is 9.53 Å². The van der Waals surface area contributed by atoms with Crippen LogP contribution in [0.4, 0.5) is 0 Å². The lowest BCUT2D eigenvalue weighted by atomic mass is 10.1. The summed E-state index contributed by atoms with van der Waals surface area (Å²) in [6.45, 7) is 0. The summed E-state index contributed by atoms with van der Waals surface area (Å²) in [5, 5.41) is 2.52. The normalized spacial score (nSPS) is 29.8. The predicted molar refractivity (Wildman–Crippen MR) is 77.7 cm³/mol. The van der Waals surface area contributed by atoms with Crippen LogP contribution in [0.15, 0.2) is 17.1 Å². The Morgan fingerprint density at radius 2 is 1.84 bits per heavy atom.